The predicted molar refractivity (Wildman–Crippen MR) is 53.4 cm³/mol. The third kappa shape index (κ3) is 2.72. The van der Waals surface area contributed by atoms with E-state index in [0.29, 0.717) is 31.4 Å². The zero-order valence-electron chi connectivity index (χ0n) is 9.84. The molecule has 0 aliphatic heterocycles. The summed E-state index contributed by atoms with van der Waals surface area (Å²) in [5.74, 6) is -2.04. The largest absolute Gasteiger partial charge is 0.466 e. The van der Waals surface area contributed by atoms with Gasteiger partial charge in [-0.25, -0.2) is 4.79 Å². The molecule has 20 heavy (non-hydrogen) atoms. The highest BCUT2D eigenvalue weighted by Gasteiger charge is 2.62. The first-order valence-corrected chi connectivity index (χ1v) is 5.00. The van der Waals surface area contributed by atoms with Crippen LogP contribution in [-0.4, -0.2) is 24.4 Å². The Balaban J connectivity index is 3.34. The summed E-state index contributed by atoms with van der Waals surface area (Å²) in [6, 6.07) is 1.39. The minimum absolute atomic E-state index is 0.328. The summed E-state index contributed by atoms with van der Waals surface area (Å²) >= 11 is 0. The monoisotopic (exact) mass is 302 g/mol. The van der Waals surface area contributed by atoms with E-state index in [4.69, 9.17) is 0 Å². The second-order valence-corrected chi connectivity index (χ2v) is 3.77. The molecule has 1 aromatic carbocycles. The topological polar surface area (TPSA) is 46.5 Å². The zero-order chi connectivity index (χ0) is 15.8. The number of carbonyl (C=O) groups excluding carboxylic acids is 1. The lowest BCUT2D eigenvalue weighted by Gasteiger charge is -2.28. The maximum atomic E-state index is 12.8. The third-order valence-electron chi connectivity index (χ3n) is 2.52. The van der Waals surface area contributed by atoms with Crippen LogP contribution in [0, 0.1) is 0 Å². The van der Waals surface area contributed by atoms with E-state index in [1.165, 1.54) is 0 Å². The summed E-state index contributed by atoms with van der Waals surface area (Å²) in [6.45, 7) is 0. The smallest absolute Gasteiger partial charge is 0.432 e. The lowest BCUT2D eigenvalue weighted by molar-refractivity contribution is -0.266. The standard InChI is InChI=1S/C11H8F6O3/c1-20-8(18)9(19,11(15,16)17)6-2-4-7(5-3-6)10(12,13)14/h2-5,19H,1H3. The van der Waals surface area contributed by atoms with E-state index in [0.717, 1.165) is 0 Å². The molecule has 0 fully saturated rings. The van der Waals surface area contributed by atoms with Crippen LogP contribution in [0.4, 0.5) is 26.3 Å². The van der Waals surface area contributed by atoms with Gasteiger partial charge in [-0.05, 0) is 12.1 Å². The van der Waals surface area contributed by atoms with Crippen molar-refractivity contribution in [1.82, 2.24) is 0 Å². The molecule has 0 aliphatic carbocycles. The molecule has 0 amide bonds. The minimum Gasteiger partial charge on any atom is -0.466 e. The van der Waals surface area contributed by atoms with Crippen molar-refractivity contribution in [2.75, 3.05) is 7.11 Å². The lowest BCUT2D eigenvalue weighted by atomic mass is 9.92. The number of alkyl halides is 6. The quantitative estimate of drug-likeness (QED) is 0.675. The Kier molecular flexibility index (Phi) is 4.04. The van der Waals surface area contributed by atoms with E-state index >= 15 is 0 Å². The van der Waals surface area contributed by atoms with Crippen LogP contribution < -0.4 is 0 Å². The third-order valence-corrected chi connectivity index (χ3v) is 2.52. The zero-order valence-corrected chi connectivity index (χ0v) is 9.84. The molecule has 0 aliphatic rings. The van der Waals surface area contributed by atoms with Crippen LogP contribution in [0.3, 0.4) is 0 Å². The fourth-order valence-electron chi connectivity index (χ4n) is 1.45. The summed E-state index contributed by atoms with van der Waals surface area (Å²) in [7, 11) is 0.614. The van der Waals surface area contributed by atoms with E-state index < -0.39 is 35.0 Å². The van der Waals surface area contributed by atoms with Crippen molar-refractivity contribution in [3.63, 3.8) is 0 Å². The second kappa shape index (κ2) is 4.97. The van der Waals surface area contributed by atoms with Crippen LogP contribution in [-0.2, 0) is 21.3 Å². The van der Waals surface area contributed by atoms with E-state index in [9.17, 15) is 36.2 Å². The average molecular weight is 302 g/mol. The normalized spacial score (nSPS) is 15.6. The van der Waals surface area contributed by atoms with Gasteiger partial charge in [-0.2, -0.15) is 26.3 Å². The number of esters is 1. The van der Waals surface area contributed by atoms with Gasteiger partial charge in [0.2, 0.25) is 0 Å². The first-order chi connectivity index (χ1) is 8.94. The van der Waals surface area contributed by atoms with Gasteiger partial charge in [0.05, 0.1) is 12.7 Å². The fourth-order valence-corrected chi connectivity index (χ4v) is 1.45. The van der Waals surface area contributed by atoms with E-state index in [-0.39, 0.29) is 0 Å². The molecule has 0 heterocycles. The van der Waals surface area contributed by atoms with Gasteiger partial charge in [0.25, 0.3) is 5.60 Å². The van der Waals surface area contributed by atoms with Gasteiger partial charge in [-0.15, -0.1) is 0 Å². The number of ether oxygens (including phenoxy) is 1. The molecule has 1 rings (SSSR count). The van der Waals surface area contributed by atoms with Crippen molar-refractivity contribution in [3.05, 3.63) is 35.4 Å². The Morgan fingerprint density at radius 3 is 1.70 bits per heavy atom. The molecule has 1 atom stereocenters. The first-order valence-electron chi connectivity index (χ1n) is 5.00. The van der Waals surface area contributed by atoms with Crippen molar-refractivity contribution in [3.8, 4) is 0 Å². The van der Waals surface area contributed by atoms with Gasteiger partial charge in [0.1, 0.15) is 0 Å². The Bertz CT molecular complexity index is 490. The summed E-state index contributed by atoms with van der Waals surface area (Å²) in [5, 5.41) is 9.50. The van der Waals surface area contributed by atoms with E-state index in [1.54, 1.807) is 0 Å². The SMILES string of the molecule is COC(=O)C(O)(c1ccc(C(F)(F)F)cc1)C(F)(F)F. The minimum atomic E-state index is -5.44. The van der Waals surface area contributed by atoms with Crippen molar-refractivity contribution < 1.29 is 41.0 Å². The molecule has 3 nitrogen and oxygen atoms in total. The maximum absolute atomic E-state index is 12.8. The van der Waals surface area contributed by atoms with Gasteiger partial charge in [0, 0.05) is 5.56 Å². The predicted octanol–water partition coefficient (Wildman–Crippen LogP) is 2.63. The van der Waals surface area contributed by atoms with Gasteiger partial charge < -0.3 is 9.84 Å². The maximum Gasteiger partial charge on any atom is 0.432 e. The summed E-state index contributed by atoms with van der Waals surface area (Å²) < 4.78 is 79.1. The Morgan fingerprint density at radius 1 is 1.00 bits per heavy atom. The molecule has 0 spiro atoms. The van der Waals surface area contributed by atoms with Gasteiger partial charge in [-0.3, -0.25) is 0 Å². The van der Waals surface area contributed by atoms with Crippen LogP contribution in [0.15, 0.2) is 24.3 Å². The molecule has 0 bridgehead atoms. The van der Waals surface area contributed by atoms with Gasteiger partial charge >= 0.3 is 18.3 Å². The second-order valence-electron chi connectivity index (χ2n) is 3.77. The number of halogens is 6. The molecule has 112 valence electrons. The van der Waals surface area contributed by atoms with Crippen molar-refractivity contribution in [1.29, 1.82) is 0 Å². The number of hydrogen-bond acceptors (Lipinski definition) is 3. The molecular formula is C11H8F6O3. The fraction of sp³-hybridized carbons (Fsp3) is 0.364. The van der Waals surface area contributed by atoms with Crippen LogP contribution in [0.5, 0.6) is 0 Å². The Labute approximate surface area is 108 Å². The average Bonchev–Trinajstić information content (AvgIpc) is 2.34. The number of hydrogen-bond donors (Lipinski definition) is 1. The van der Waals surface area contributed by atoms with Gasteiger partial charge in [-0.1, -0.05) is 12.1 Å². The van der Waals surface area contributed by atoms with Crippen LogP contribution in [0.1, 0.15) is 11.1 Å². The highest BCUT2D eigenvalue weighted by Crippen LogP contribution is 2.40. The first kappa shape index (κ1) is 16.3. The summed E-state index contributed by atoms with van der Waals surface area (Å²) in [5.41, 5.74) is -6.30. The molecule has 1 aromatic rings. The molecule has 0 saturated carbocycles. The van der Waals surface area contributed by atoms with Crippen molar-refractivity contribution in [2.24, 2.45) is 0 Å². The van der Waals surface area contributed by atoms with E-state index in [1.807, 2.05) is 0 Å². The molecule has 0 saturated heterocycles. The number of carbonyl (C=O) groups is 1. The molecule has 1 unspecified atom stereocenters. The van der Waals surface area contributed by atoms with Gasteiger partial charge in [0.15, 0.2) is 0 Å². The number of aliphatic hydroxyl groups is 1. The highest BCUT2D eigenvalue weighted by molar-refractivity contribution is 5.82. The summed E-state index contributed by atoms with van der Waals surface area (Å²) in [6.07, 6.45) is -10.2. The lowest BCUT2D eigenvalue weighted by Crippen LogP contribution is -2.49. The Morgan fingerprint density at radius 2 is 1.40 bits per heavy atom. The molecule has 9 heteroatoms. The Hall–Kier alpha value is -1.77. The molecular weight excluding hydrogens is 294 g/mol. The van der Waals surface area contributed by atoms with Crippen LogP contribution in [0.25, 0.3) is 0 Å². The number of methoxy groups -OCH3 is 1. The van der Waals surface area contributed by atoms with Crippen molar-refractivity contribution in [2.45, 2.75) is 18.0 Å². The van der Waals surface area contributed by atoms with Crippen LogP contribution in [0.2, 0.25) is 0 Å². The summed E-state index contributed by atoms with van der Waals surface area (Å²) in [4.78, 5) is 11.1. The number of benzene rings is 1. The molecule has 0 aromatic heterocycles. The number of rotatable bonds is 2. The molecule has 1 N–H and O–H groups in total. The van der Waals surface area contributed by atoms with Crippen molar-refractivity contribution >= 4 is 5.97 Å². The highest BCUT2D eigenvalue weighted by atomic mass is 19.4. The van der Waals surface area contributed by atoms with Crippen LogP contribution >= 0.6 is 0 Å². The van der Waals surface area contributed by atoms with E-state index in [2.05, 4.69) is 4.74 Å². The molecule has 0 radical (unpaired) electrons.